The Balaban J connectivity index is 1.72. The predicted molar refractivity (Wildman–Crippen MR) is 89.7 cm³/mol. The molecule has 0 amide bonds. The third-order valence-electron chi connectivity index (χ3n) is 4.48. The molecule has 2 aliphatic heterocycles. The fraction of sp³-hybridized carbons (Fsp3) is 0.625. The molecule has 1 unspecified atom stereocenters. The van der Waals surface area contributed by atoms with E-state index in [0.717, 1.165) is 29.8 Å². The van der Waals surface area contributed by atoms with E-state index in [4.69, 9.17) is 4.74 Å². The van der Waals surface area contributed by atoms with Crippen molar-refractivity contribution in [3.05, 3.63) is 27.7 Å². The van der Waals surface area contributed by atoms with Gasteiger partial charge in [0.1, 0.15) is 5.75 Å². The van der Waals surface area contributed by atoms with E-state index in [1.54, 1.807) is 0 Å². The van der Waals surface area contributed by atoms with Gasteiger partial charge in [0.15, 0.2) is 0 Å². The first-order valence-electron chi connectivity index (χ1n) is 7.31. The van der Waals surface area contributed by atoms with Crippen LogP contribution in [0.25, 0.3) is 0 Å². The number of hydrogen-bond acceptors (Lipinski definition) is 3. The summed E-state index contributed by atoms with van der Waals surface area (Å²) in [5, 5.41) is 3.76. The largest absolute Gasteiger partial charge is 0.493 e. The normalized spacial score (nSPS) is 24.2. The molecule has 2 aliphatic rings. The van der Waals surface area contributed by atoms with Gasteiger partial charge in [-0.3, -0.25) is 0 Å². The van der Waals surface area contributed by atoms with Crippen molar-refractivity contribution >= 4 is 27.7 Å². The quantitative estimate of drug-likeness (QED) is 0.884. The molecule has 0 aliphatic carbocycles. The van der Waals surface area contributed by atoms with Gasteiger partial charge in [-0.2, -0.15) is 11.8 Å². The van der Waals surface area contributed by atoms with Crippen LogP contribution in [-0.2, 0) is 13.0 Å². The Morgan fingerprint density at radius 3 is 3.10 bits per heavy atom. The summed E-state index contributed by atoms with van der Waals surface area (Å²) >= 11 is 5.68. The number of thioether (sulfide) groups is 1. The van der Waals surface area contributed by atoms with Gasteiger partial charge in [0.05, 0.1) is 6.61 Å². The molecular formula is C16H22BrNOS. The monoisotopic (exact) mass is 355 g/mol. The molecule has 0 spiro atoms. The molecule has 3 rings (SSSR count). The van der Waals surface area contributed by atoms with Crippen molar-refractivity contribution < 1.29 is 4.74 Å². The number of hydrogen-bond donors (Lipinski definition) is 1. The van der Waals surface area contributed by atoms with Crippen LogP contribution in [0, 0.1) is 5.41 Å². The third-order valence-corrected chi connectivity index (χ3v) is 6.00. The van der Waals surface area contributed by atoms with Crippen LogP contribution >= 0.6 is 27.7 Å². The summed E-state index contributed by atoms with van der Waals surface area (Å²) in [7, 11) is 0. The lowest BCUT2D eigenvalue weighted by Crippen LogP contribution is -2.46. The molecular weight excluding hydrogens is 334 g/mol. The van der Waals surface area contributed by atoms with Crippen molar-refractivity contribution in [3.8, 4) is 5.75 Å². The summed E-state index contributed by atoms with van der Waals surface area (Å²) in [6.45, 7) is 6.48. The van der Waals surface area contributed by atoms with Crippen molar-refractivity contribution in [3.63, 3.8) is 0 Å². The summed E-state index contributed by atoms with van der Waals surface area (Å²) < 4.78 is 6.97. The van der Waals surface area contributed by atoms with Gasteiger partial charge in [0, 0.05) is 34.8 Å². The molecule has 0 aromatic heterocycles. The van der Waals surface area contributed by atoms with Gasteiger partial charge in [-0.15, -0.1) is 0 Å². The maximum Gasteiger partial charge on any atom is 0.127 e. The lowest BCUT2D eigenvalue weighted by molar-refractivity contribution is 0.244. The molecule has 20 heavy (non-hydrogen) atoms. The Bertz CT molecular complexity index is 503. The minimum atomic E-state index is 0.390. The second-order valence-corrected chi connectivity index (χ2v) is 8.46. The third kappa shape index (κ3) is 3.02. The molecule has 1 aromatic rings. The van der Waals surface area contributed by atoms with Crippen LogP contribution in [0.1, 0.15) is 31.4 Å². The van der Waals surface area contributed by atoms with Crippen LogP contribution in [0.5, 0.6) is 5.75 Å². The number of ether oxygens (including phenoxy) is 1. The average Bonchev–Trinajstić information content (AvgIpc) is 2.84. The highest BCUT2D eigenvalue weighted by Gasteiger charge is 2.32. The smallest absolute Gasteiger partial charge is 0.127 e. The van der Waals surface area contributed by atoms with E-state index in [2.05, 4.69) is 59.0 Å². The molecule has 0 bridgehead atoms. The Hall–Kier alpha value is -0.190. The molecule has 0 radical (unpaired) electrons. The van der Waals surface area contributed by atoms with Crippen molar-refractivity contribution in [2.45, 2.75) is 39.3 Å². The Kier molecular flexibility index (Phi) is 4.34. The van der Waals surface area contributed by atoms with Gasteiger partial charge in [-0.25, -0.2) is 0 Å². The first kappa shape index (κ1) is 14.7. The number of halogens is 1. The molecule has 4 heteroatoms. The zero-order valence-electron chi connectivity index (χ0n) is 12.2. The first-order valence-corrected chi connectivity index (χ1v) is 9.26. The van der Waals surface area contributed by atoms with Crippen molar-refractivity contribution in [1.82, 2.24) is 5.32 Å². The van der Waals surface area contributed by atoms with Gasteiger partial charge in [-0.1, -0.05) is 29.8 Å². The standard InChI is InChI=1S/C16H22BrNOS/c1-16(2)4-6-20-10-14(16)18-9-12-8-13(17)7-11-3-5-19-15(11)12/h7-8,14,18H,3-6,9-10H2,1-2H3. The van der Waals surface area contributed by atoms with Gasteiger partial charge in [0.25, 0.3) is 0 Å². The van der Waals surface area contributed by atoms with Crippen LogP contribution in [-0.4, -0.2) is 24.2 Å². The van der Waals surface area contributed by atoms with Crippen molar-refractivity contribution in [2.24, 2.45) is 5.41 Å². The molecule has 2 heterocycles. The molecule has 1 aromatic carbocycles. The molecule has 2 nitrogen and oxygen atoms in total. The SMILES string of the molecule is CC1(C)CCSCC1NCc1cc(Br)cc2c1OCC2. The zero-order valence-corrected chi connectivity index (χ0v) is 14.6. The summed E-state index contributed by atoms with van der Waals surface area (Å²) in [6.07, 6.45) is 2.33. The molecule has 0 saturated carbocycles. The molecule has 1 saturated heterocycles. The number of nitrogens with one attached hydrogen (secondary N) is 1. The van der Waals surface area contributed by atoms with E-state index in [1.807, 2.05) is 0 Å². The Labute approximate surface area is 134 Å². The average molecular weight is 356 g/mol. The molecule has 1 N–H and O–H groups in total. The number of fused-ring (bicyclic) bond motifs is 1. The Morgan fingerprint density at radius 1 is 1.45 bits per heavy atom. The Morgan fingerprint density at radius 2 is 2.30 bits per heavy atom. The molecule has 110 valence electrons. The van der Waals surface area contributed by atoms with Gasteiger partial charge in [0.2, 0.25) is 0 Å². The number of benzene rings is 1. The minimum absolute atomic E-state index is 0.390. The van der Waals surface area contributed by atoms with Gasteiger partial charge in [-0.05, 0) is 35.3 Å². The van der Waals surface area contributed by atoms with Gasteiger partial charge < -0.3 is 10.1 Å². The fourth-order valence-corrected chi connectivity index (χ4v) is 5.18. The van der Waals surface area contributed by atoms with E-state index in [9.17, 15) is 0 Å². The summed E-state index contributed by atoms with van der Waals surface area (Å²) in [6, 6.07) is 4.96. The van der Waals surface area contributed by atoms with Crippen LogP contribution in [0.4, 0.5) is 0 Å². The lowest BCUT2D eigenvalue weighted by Gasteiger charge is -2.39. The summed E-state index contributed by atoms with van der Waals surface area (Å²) in [5.41, 5.74) is 3.02. The second-order valence-electron chi connectivity index (χ2n) is 6.40. The zero-order chi connectivity index (χ0) is 14.2. The summed E-state index contributed by atoms with van der Waals surface area (Å²) in [5.74, 6) is 3.62. The van der Waals surface area contributed by atoms with E-state index >= 15 is 0 Å². The van der Waals surface area contributed by atoms with E-state index in [-0.39, 0.29) is 0 Å². The fourth-order valence-electron chi connectivity index (χ4n) is 2.98. The van der Waals surface area contributed by atoms with Crippen LogP contribution in [0.15, 0.2) is 16.6 Å². The molecule has 1 fully saturated rings. The summed E-state index contributed by atoms with van der Waals surface area (Å²) in [4.78, 5) is 0. The van der Waals surface area contributed by atoms with Crippen molar-refractivity contribution in [1.29, 1.82) is 0 Å². The van der Waals surface area contributed by atoms with Crippen LogP contribution < -0.4 is 10.1 Å². The topological polar surface area (TPSA) is 21.3 Å². The maximum absolute atomic E-state index is 5.81. The molecule has 1 atom stereocenters. The highest BCUT2D eigenvalue weighted by Crippen LogP contribution is 2.36. The van der Waals surface area contributed by atoms with E-state index < -0.39 is 0 Å². The van der Waals surface area contributed by atoms with Crippen LogP contribution in [0.3, 0.4) is 0 Å². The van der Waals surface area contributed by atoms with Gasteiger partial charge >= 0.3 is 0 Å². The highest BCUT2D eigenvalue weighted by atomic mass is 79.9. The van der Waals surface area contributed by atoms with Crippen molar-refractivity contribution in [2.75, 3.05) is 18.1 Å². The van der Waals surface area contributed by atoms with E-state index in [0.29, 0.717) is 11.5 Å². The predicted octanol–water partition coefficient (Wildman–Crippen LogP) is 4.01. The lowest BCUT2D eigenvalue weighted by atomic mass is 9.82. The second kappa shape index (κ2) is 5.90. The highest BCUT2D eigenvalue weighted by molar-refractivity contribution is 9.10. The first-order chi connectivity index (χ1) is 9.56. The number of rotatable bonds is 3. The van der Waals surface area contributed by atoms with Crippen LogP contribution in [0.2, 0.25) is 0 Å². The minimum Gasteiger partial charge on any atom is -0.493 e. The van der Waals surface area contributed by atoms with E-state index in [1.165, 1.54) is 29.1 Å². The maximum atomic E-state index is 5.81.